The van der Waals surface area contributed by atoms with Crippen LogP contribution in [0, 0.1) is 5.92 Å². The van der Waals surface area contributed by atoms with Crippen molar-refractivity contribution in [3.8, 4) is 0 Å². The number of thioether (sulfide) groups is 1. The van der Waals surface area contributed by atoms with Gasteiger partial charge in [-0.15, -0.1) is 22.6 Å². The lowest BCUT2D eigenvalue weighted by atomic mass is 9.93. The Hall–Kier alpha value is -1.15. The summed E-state index contributed by atoms with van der Waals surface area (Å²) in [5.74, 6) is 0.986. The number of benzene rings is 1. The molecule has 0 aliphatic carbocycles. The molecule has 0 saturated carbocycles. The normalized spacial score (nSPS) is 20.2. The molecule has 0 spiro atoms. The molecular weight excluding hydrogens is 364 g/mol. The van der Waals surface area contributed by atoms with Gasteiger partial charge in [-0.3, -0.25) is 4.79 Å². The second-order valence-electron chi connectivity index (χ2n) is 5.71. The highest BCUT2D eigenvalue weighted by atomic mass is 35.5. The molecule has 3 rings (SSSR count). The van der Waals surface area contributed by atoms with Crippen molar-refractivity contribution < 1.29 is 4.79 Å². The minimum Gasteiger partial charge on any atom is -0.314 e. The van der Waals surface area contributed by atoms with Crippen molar-refractivity contribution in [3.05, 3.63) is 35.9 Å². The Balaban J connectivity index is 0.00000208. The monoisotopic (exact) mass is 384 g/mol. The van der Waals surface area contributed by atoms with Crippen LogP contribution in [0.3, 0.4) is 0 Å². The Morgan fingerprint density at radius 2 is 2.17 bits per heavy atom. The highest BCUT2D eigenvalue weighted by Gasteiger charge is 2.25. The molecule has 1 aliphatic rings. The van der Waals surface area contributed by atoms with Crippen molar-refractivity contribution in [1.82, 2.24) is 15.5 Å². The molecule has 1 saturated heterocycles. The van der Waals surface area contributed by atoms with Gasteiger partial charge in [0.25, 0.3) is 0 Å². The Morgan fingerprint density at radius 1 is 1.38 bits per heavy atom. The van der Waals surface area contributed by atoms with Crippen molar-refractivity contribution >= 4 is 46.5 Å². The summed E-state index contributed by atoms with van der Waals surface area (Å²) in [6.07, 6.45) is 1.75. The second kappa shape index (κ2) is 9.36. The summed E-state index contributed by atoms with van der Waals surface area (Å²) in [5, 5.41) is 15.1. The number of carbonyl (C=O) groups excluding carboxylic acids is 1. The van der Waals surface area contributed by atoms with Gasteiger partial charge in [-0.1, -0.05) is 53.4 Å². The summed E-state index contributed by atoms with van der Waals surface area (Å²) in [7, 11) is 0. The van der Waals surface area contributed by atoms with E-state index in [0.29, 0.717) is 11.2 Å². The van der Waals surface area contributed by atoms with Gasteiger partial charge < -0.3 is 10.6 Å². The number of anilines is 1. The largest absolute Gasteiger partial charge is 0.314 e. The molecule has 1 amide bonds. The Labute approximate surface area is 156 Å². The molecule has 1 aromatic heterocycles. The van der Waals surface area contributed by atoms with Gasteiger partial charge in [0.2, 0.25) is 11.0 Å². The van der Waals surface area contributed by atoms with Crippen molar-refractivity contribution in [2.24, 2.45) is 5.92 Å². The fraction of sp³-hybridized carbons (Fsp3) is 0.438. The molecule has 2 heterocycles. The first-order chi connectivity index (χ1) is 11.2. The van der Waals surface area contributed by atoms with Crippen LogP contribution in [0.4, 0.5) is 5.13 Å². The molecule has 5 nitrogen and oxygen atoms in total. The maximum absolute atomic E-state index is 12.3. The second-order valence-corrected chi connectivity index (χ2v) is 7.91. The molecule has 1 aliphatic heterocycles. The molecule has 2 aromatic rings. The average Bonchev–Trinajstić information content (AvgIpc) is 3.01. The number of hydrogen-bond acceptors (Lipinski definition) is 6. The fourth-order valence-corrected chi connectivity index (χ4v) is 4.33. The number of aromatic nitrogens is 2. The van der Waals surface area contributed by atoms with Gasteiger partial charge in [0.05, 0.1) is 0 Å². The number of piperidine rings is 1. The zero-order chi connectivity index (χ0) is 16.1. The van der Waals surface area contributed by atoms with E-state index in [-0.39, 0.29) is 24.2 Å². The molecule has 1 aromatic carbocycles. The summed E-state index contributed by atoms with van der Waals surface area (Å²) < 4.78 is 0.878. The molecule has 130 valence electrons. The number of nitrogens with zero attached hydrogens (tertiary/aromatic N) is 2. The van der Waals surface area contributed by atoms with Crippen molar-refractivity contribution in [2.45, 2.75) is 35.9 Å². The Bertz CT molecular complexity index is 653. The number of nitrogens with one attached hydrogen (secondary N) is 2. The van der Waals surface area contributed by atoms with Crippen LogP contribution in [-0.4, -0.2) is 28.7 Å². The lowest BCUT2D eigenvalue weighted by Gasteiger charge is -2.26. The third-order valence-electron chi connectivity index (χ3n) is 3.84. The molecule has 0 bridgehead atoms. The SMILES string of the molecule is C[C@H]1C[C@@H](C(=O)Nc2nnc(SCc3ccccc3)s2)CCN1.Cl. The summed E-state index contributed by atoms with van der Waals surface area (Å²) >= 11 is 3.08. The van der Waals surface area contributed by atoms with Crippen LogP contribution < -0.4 is 10.6 Å². The third kappa shape index (κ3) is 5.44. The maximum atomic E-state index is 12.3. The molecular formula is C16H21ClN4OS2. The van der Waals surface area contributed by atoms with Gasteiger partial charge in [-0.2, -0.15) is 0 Å². The quantitative estimate of drug-likeness (QED) is 0.609. The van der Waals surface area contributed by atoms with Crippen molar-refractivity contribution in [1.29, 1.82) is 0 Å². The van der Waals surface area contributed by atoms with Crippen molar-refractivity contribution in [3.63, 3.8) is 0 Å². The maximum Gasteiger partial charge on any atom is 0.229 e. The van der Waals surface area contributed by atoms with Gasteiger partial charge in [0.1, 0.15) is 0 Å². The number of hydrogen-bond donors (Lipinski definition) is 2. The van der Waals surface area contributed by atoms with Crippen LogP contribution in [0.2, 0.25) is 0 Å². The lowest BCUT2D eigenvalue weighted by Crippen LogP contribution is -2.40. The van der Waals surface area contributed by atoms with E-state index in [4.69, 9.17) is 0 Å². The van der Waals surface area contributed by atoms with Gasteiger partial charge in [-0.25, -0.2) is 0 Å². The van der Waals surface area contributed by atoms with Crippen LogP contribution in [0.15, 0.2) is 34.7 Å². The van der Waals surface area contributed by atoms with Crippen LogP contribution in [0.5, 0.6) is 0 Å². The lowest BCUT2D eigenvalue weighted by molar-refractivity contribution is -0.120. The molecule has 1 fully saturated rings. The van der Waals surface area contributed by atoms with E-state index in [1.807, 2.05) is 18.2 Å². The smallest absolute Gasteiger partial charge is 0.229 e. The van der Waals surface area contributed by atoms with Crippen LogP contribution >= 0.6 is 35.5 Å². The van der Waals surface area contributed by atoms with Crippen LogP contribution in [0.1, 0.15) is 25.3 Å². The highest BCUT2D eigenvalue weighted by Crippen LogP contribution is 2.29. The van der Waals surface area contributed by atoms with E-state index >= 15 is 0 Å². The fourth-order valence-electron chi connectivity index (χ4n) is 2.62. The zero-order valence-electron chi connectivity index (χ0n) is 13.4. The van der Waals surface area contributed by atoms with E-state index < -0.39 is 0 Å². The van der Waals surface area contributed by atoms with Gasteiger partial charge in [0.15, 0.2) is 4.34 Å². The number of rotatable bonds is 5. The van der Waals surface area contributed by atoms with E-state index in [0.717, 1.165) is 29.5 Å². The molecule has 2 atom stereocenters. The van der Waals surface area contributed by atoms with E-state index in [2.05, 4.69) is 39.9 Å². The summed E-state index contributed by atoms with van der Waals surface area (Å²) in [6, 6.07) is 10.6. The Morgan fingerprint density at radius 3 is 2.92 bits per heavy atom. The number of carbonyl (C=O) groups is 1. The first kappa shape index (κ1) is 19.2. The standard InChI is InChI=1S/C16H20N4OS2.ClH/c1-11-9-13(7-8-17-11)14(21)18-15-19-20-16(23-15)22-10-12-5-3-2-4-6-12;/h2-6,11,13,17H,7-10H2,1H3,(H,18,19,21);1H/t11-,13-;/m0./s1. The first-order valence-corrected chi connectivity index (χ1v) is 9.55. The highest BCUT2D eigenvalue weighted by molar-refractivity contribution is 8.00. The summed E-state index contributed by atoms with van der Waals surface area (Å²) in [6.45, 7) is 3.01. The van der Waals surface area contributed by atoms with Crippen LogP contribution in [0.25, 0.3) is 0 Å². The number of halogens is 1. The summed E-state index contributed by atoms with van der Waals surface area (Å²) in [4.78, 5) is 12.3. The molecule has 24 heavy (non-hydrogen) atoms. The summed E-state index contributed by atoms with van der Waals surface area (Å²) in [5.41, 5.74) is 1.25. The minimum atomic E-state index is 0. The third-order valence-corrected chi connectivity index (χ3v) is 5.88. The minimum absolute atomic E-state index is 0. The van der Waals surface area contributed by atoms with E-state index in [9.17, 15) is 4.79 Å². The first-order valence-electron chi connectivity index (χ1n) is 7.75. The van der Waals surface area contributed by atoms with E-state index in [1.54, 1.807) is 11.8 Å². The van der Waals surface area contributed by atoms with Gasteiger partial charge >= 0.3 is 0 Å². The molecule has 0 radical (unpaired) electrons. The van der Waals surface area contributed by atoms with Gasteiger partial charge in [0, 0.05) is 17.7 Å². The van der Waals surface area contributed by atoms with Crippen LogP contribution in [-0.2, 0) is 10.5 Å². The van der Waals surface area contributed by atoms with Gasteiger partial charge in [-0.05, 0) is 31.9 Å². The molecule has 8 heteroatoms. The predicted octanol–water partition coefficient (Wildman–Crippen LogP) is 3.58. The zero-order valence-corrected chi connectivity index (χ0v) is 15.8. The predicted molar refractivity (Wildman–Crippen MR) is 102 cm³/mol. The molecule has 0 unspecified atom stereocenters. The van der Waals surface area contributed by atoms with Crippen molar-refractivity contribution in [2.75, 3.05) is 11.9 Å². The average molecular weight is 385 g/mol. The molecule has 2 N–H and O–H groups in total. The topological polar surface area (TPSA) is 66.9 Å². The number of amides is 1. The van der Waals surface area contributed by atoms with E-state index in [1.165, 1.54) is 16.9 Å². The Kier molecular flexibility index (Phi) is 7.48.